The molecule has 31 heavy (non-hydrogen) atoms. The minimum Gasteiger partial charge on any atom is -0.379 e. The molecule has 3 aromatic rings. The van der Waals surface area contributed by atoms with E-state index >= 15 is 0 Å². The van der Waals surface area contributed by atoms with Crippen LogP contribution in [0, 0.1) is 0 Å². The van der Waals surface area contributed by atoms with Crippen molar-refractivity contribution in [2.75, 3.05) is 26.3 Å². The Morgan fingerprint density at radius 2 is 1.94 bits per heavy atom. The summed E-state index contributed by atoms with van der Waals surface area (Å²) >= 11 is 7.65. The number of pyridine rings is 1. The molecule has 0 aliphatic carbocycles. The molecule has 0 unspecified atom stereocenters. The maximum atomic E-state index is 12.9. The highest BCUT2D eigenvalue weighted by Crippen LogP contribution is 2.25. The van der Waals surface area contributed by atoms with Gasteiger partial charge in [-0.05, 0) is 30.3 Å². The van der Waals surface area contributed by atoms with E-state index in [-0.39, 0.29) is 35.1 Å². The van der Waals surface area contributed by atoms with Crippen molar-refractivity contribution in [1.82, 2.24) is 19.6 Å². The maximum Gasteiger partial charge on any atom is 0.253 e. The Hall–Kier alpha value is -2.37. The fraction of sp³-hybridized carbons (Fsp3) is 0.250. The number of benzene rings is 1. The summed E-state index contributed by atoms with van der Waals surface area (Å²) in [5.41, 5.74) is 1.74. The van der Waals surface area contributed by atoms with Gasteiger partial charge in [-0.15, -0.1) is 11.3 Å². The highest BCUT2D eigenvalue weighted by molar-refractivity contribution is 7.89. The number of nitrogens with one attached hydrogen (secondary N) is 1. The van der Waals surface area contributed by atoms with Crippen LogP contribution in [0.4, 0.5) is 0 Å². The third-order valence-corrected chi connectivity index (χ3v) is 7.86. The molecule has 2 aromatic heterocycles. The first kappa shape index (κ1) is 21.8. The highest BCUT2D eigenvalue weighted by Gasteiger charge is 2.27. The number of ether oxygens (including phenoxy) is 1. The predicted octanol–water partition coefficient (Wildman–Crippen LogP) is 2.81. The number of thiazole rings is 1. The summed E-state index contributed by atoms with van der Waals surface area (Å²) in [4.78, 5) is 21.2. The van der Waals surface area contributed by atoms with Gasteiger partial charge in [0.15, 0.2) is 0 Å². The molecule has 0 spiro atoms. The van der Waals surface area contributed by atoms with Gasteiger partial charge in [0, 0.05) is 36.4 Å². The Bertz CT molecular complexity index is 1180. The van der Waals surface area contributed by atoms with E-state index in [0.29, 0.717) is 18.9 Å². The third kappa shape index (κ3) is 4.94. The van der Waals surface area contributed by atoms with E-state index in [2.05, 4.69) is 15.3 Å². The molecule has 1 saturated heterocycles. The van der Waals surface area contributed by atoms with Crippen molar-refractivity contribution in [2.24, 2.45) is 0 Å². The number of carbonyl (C=O) groups is 1. The van der Waals surface area contributed by atoms with Crippen LogP contribution in [0.3, 0.4) is 0 Å². The number of aromatic nitrogens is 2. The van der Waals surface area contributed by atoms with E-state index in [1.807, 2.05) is 17.5 Å². The number of rotatable bonds is 6. The van der Waals surface area contributed by atoms with Gasteiger partial charge in [-0.2, -0.15) is 4.31 Å². The fourth-order valence-corrected chi connectivity index (χ4v) is 5.52. The number of hydrogen-bond acceptors (Lipinski definition) is 7. The summed E-state index contributed by atoms with van der Waals surface area (Å²) in [6.07, 6.45) is 3.39. The lowest BCUT2D eigenvalue weighted by atomic mass is 10.2. The quantitative estimate of drug-likeness (QED) is 0.584. The van der Waals surface area contributed by atoms with E-state index in [1.165, 1.54) is 33.8 Å². The van der Waals surface area contributed by atoms with E-state index in [0.717, 1.165) is 10.6 Å². The van der Waals surface area contributed by atoms with Crippen LogP contribution in [0.15, 0.2) is 53.0 Å². The number of carbonyl (C=O) groups excluding carboxylic acids is 1. The first-order valence-electron chi connectivity index (χ1n) is 9.45. The third-order valence-electron chi connectivity index (χ3n) is 4.70. The zero-order chi connectivity index (χ0) is 21.8. The van der Waals surface area contributed by atoms with Gasteiger partial charge >= 0.3 is 0 Å². The average molecular weight is 479 g/mol. The number of morpholine rings is 1. The van der Waals surface area contributed by atoms with Crippen LogP contribution < -0.4 is 5.32 Å². The number of hydrogen-bond donors (Lipinski definition) is 1. The van der Waals surface area contributed by atoms with Gasteiger partial charge in [0.2, 0.25) is 10.0 Å². The molecule has 1 aromatic carbocycles. The van der Waals surface area contributed by atoms with Crippen molar-refractivity contribution >= 4 is 38.9 Å². The van der Waals surface area contributed by atoms with Crippen LogP contribution in [0.2, 0.25) is 5.02 Å². The largest absolute Gasteiger partial charge is 0.379 e. The molecule has 0 bridgehead atoms. The van der Waals surface area contributed by atoms with E-state index in [1.54, 1.807) is 12.4 Å². The second kappa shape index (κ2) is 9.41. The predicted molar refractivity (Wildman–Crippen MR) is 118 cm³/mol. The molecule has 0 radical (unpaired) electrons. The Balaban J connectivity index is 1.47. The molecule has 0 saturated carbocycles. The van der Waals surface area contributed by atoms with Crippen LogP contribution in [-0.4, -0.2) is 54.9 Å². The molecule has 1 N–H and O–H groups in total. The van der Waals surface area contributed by atoms with Crippen LogP contribution in [0.25, 0.3) is 10.6 Å². The van der Waals surface area contributed by atoms with Gasteiger partial charge in [0.25, 0.3) is 5.91 Å². The van der Waals surface area contributed by atoms with Crippen molar-refractivity contribution in [3.05, 3.63) is 64.4 Å². The number of nitrogens with zero attached hydrogens (tertiary/aromatic N) is 3. The van der Waals surface area contributed by atoms with Gasteiger partial charge in [0.05, 0.1) is 40.9 Å². The van der Waals surface area contributed by atoms with Crippen molar-refractivity contribution in [3.8, 4) is 10.6 Å². The summed E-state index contributed by atoms with van der Waals surface area (Å²) in [6, 6.07) is 7.87. The Morgan fingerprint density at radius 1 is 1.19 bits per heavy atom. The van der Waals surface area contributed by atoms with Crippen molar-refractivity contribution in [3.63, 3.8) is 0 Å². The number of halogens is 1. The van der Waals surface area contributed by atoms with Crippen LogP contribution >= 0.6 is 22.9 Å². The van der Waals surface area contributed by atoms with Gasteiger partial charge in [0.1, 0.15) is 5.01 Å². The molecule has 0 atom stereocenters. The first-order chi connectivity index (χ1) is 14.9. The molecule has 1 fully saturated rings. The Morgan fingerprint density at radius 3 is 2.68 bits per heavy atom. The summed E-state index contributed by atoms with van der Waals surface area (Å²) in [7, 11) is -3.73. The molecule has 1 aliphatic heterocycles. The lowest BCUT2D eigenvalue weighted by Gasteiger charge is -2.26. The number of sulfonamides is 1. The molecular formula is C20H19ClN4O4S2. The van der Waals surface area contributed by atoms with E-state index in [4.69, 9.17) is 16.3 Å². The topological polar surface area (TPSA) is 101 Å². The van der Waals surface area contributed by atoms with Crippen molar-refractivity contribution in [2.45, 2.75) is 11.4 Å². The molecule has 3 heterocycles. The van der Waals surface area contributed by atoms with Gasteiger partial charge in [-0.1, -0.05) is 11.6 Å². The van der Waals surface area contributed by atoms with Gasteiger partial charge < -0.3 is 10.1 Å². The lowest BCUT2D eigenvalue weighted by Crippen LogP contribution is -2.40. The van der Waals surface area contributed by atoms with Crippen LogP contribution in [0.1, 0.15) is 16.1 Å². The summed E-state index contributed by atoms with van der Waals surface area (Å²) in [6.45, 7) is 1.42. The summed E-state index contributed by atoms with van der Waals surface area (Å²) in [5.74, 6) is -0.470. The van der Waals surface area contributed by atoms with Crippen LogP contribution in [-0.2, 0) is 21.3 Å². The SMILES string of the molecule is O=C(NCc1csc(-c2ccncc2)n1)c1cc(S(=O)(=O)N2CCOCC2)ccc1Cl. The molecule has 162 valence electrons. The minimum absolute atomic E-state index is 0.0255. The second-order valence-corrected chi connectivity index (χ2v) is 9.92. The van der Waals surface area contributed by atoms with Crippen LogP contribution in [0.5, 0.6) is 0 Å². The summed E-state index contributed by atoms with van der Waals surface area (Å²) in [5, 5.41) is 5.61. The zero-order valence-corrected chi connectivity index (χ0v) is 18.7. The molecular weight excluding hydrogens is 460 g/mol. The maximum absolute atomic E-state index is 12.9. The minimum atomic E-state index is -3.73. The fourth-order valence-electron chi connectivity index (χ4n) is 3.06. The molecule has 11 heteroatoms. The molecule has 8 nitrogen and oxygen atoms in total. The first-order valence-corrected chi connectivity index (χ1v) is 12.2. The molecule has 4 rings (SSSR count). The van der Waals surface area contributed by atoms with Gasteiger partial charge in [-0.3, -0.25) is 9.78 Å². The zero-order valence-electron chi connectivity index (χ0n) is 16.3. The number of amides is 1. The molecule has 1 amide bonds. The van der Waals surface area contributed by atoms with Crippen molar-refractivity contribution < 1.29 is 17.9 Å². The van der Waals surface area contributed by atoms with E-state index in [9.17, 15) is 13.2 Å². The lowest BCUT2D eigenvalue weighted by molar-refractivity contribution is 0.0730. The van der Waals surface area contributed by atoms with Crippen molar-refractivity contribution in [1.29, 1.82) is 0 Å². The monoisotopic (exact) mass is 478 g/mol. The Kier molecular flexibility index (Phi) is 6.63. The van der Waals surface area contributed by atoms with E-state index < -0.39 is 15.9 Å². The highest BCUT2D eigenvalue weighted by atomic mass is 35.5. The normalized spacial score (nSPS) is 15.0. The second-order valence-electron chi connectivity index (χ2n) is 6.72. The van der Waals surface area contributed by atoms with Gasteiger partial charge in [-0.25, -0.2) is 13.4 Å². The smallest absolute Gasteiger partial charge is 0.253 e. The standard InChI is InChI=1S/C20H19ClN4O4S2/c21-18-2-1-16(31(27,28)25-7-9-29-10-8-25)11-17(18)19(26)23-12-15-13-30-20(24-15)14-3-5-22-6-4-14/h1-6,11,13H,7-10,12H2,(H,23,26). The summed E-state index contributed by atoms with van der Waals surface area (Å²) < 4.78 is 32.3. The Labute approximate surface area is 188 Å². The average Bonchev–Trinajstić information content (AvgIpc) is 3.28. The molecule has 1 aliphatic rings.